The first kappa shape index (κ1) is 18.0. The Bertz CT molecular complexity index is 743. The lowest BCUT2D eigenvalue weighted by Crippen LogP contribution is -2.36. The van der Waals surface area contributed by atoms with Gasteiger partial charge in [0.1, 0.15) is 18.4 Å². The van der Waals surface area contributed by atoms with Gasteiger partial charge in [-0.25, -0.2) is 9.67 Å². The molecule has 1 atom stereocenters. The number of amides is 1. The molecule has 144 valence electrons. The molecule has 0 bridgehead atoms. The minimum Gasteiger partial charge on any atom is -0.483 e. The Balaban J connectivity index is 1.36. The molecule has 0 radical (unpaired) electrons. The number of hydrogen-bond donors (Lipinski definition) is 0. The number of hydrogen-bond acceptors (Lipinski definition) is 5. The Labute approximate surface area is 159 Å². The Morgan fingerprint density at radius 3 is 2.81 bits per heavy atom. The molecular formula is C20H27N5O2. The summed E-state index contributed by atoms with van der Waals surface area (Å²) in [7, 11) is 0. The highest BCUT2D eigenvalue weighted by molar-refractivity contribution is 5.78. The third-order valence-corrected chi connectivity index (χ3v) is 5.47. The lowest BCUT2D eigenvalue weighted by Gasteiger charge is -2.32. The third kappa shape index (κ3) is 4.47. The van der Waals surface area contributed by atoms with Crippen molar-refractivity contribution < 1.29 is 9.53 Å². The number of carbonyl (C=O) groups is 1. The van der Waals surface area contributed by atoms with E-state index >= 15 is 0 Å². The van der Waals surface area contributed by atoms with E-state index in [9.17, 15) is 4.79 Å². The second-order valence-corrected chi connectivity index (χ2v) is 7.39. The van der Waals surface area contributed by atoms with Gasteiger partial charge in [-0.1, -0.05) is 18.2 Å². The predicted octanol–water partition coefficient (Wildman–Crippen LogP) is 2.12. The van der Waals surface area contributed by atoms with Gasteiger partial charge < -0.3 is 9.64 Å². The summed E-state index contributed by atoms with van der Waals surface area (Å²) in [4.78, 5) is 20.7. The second-order valence-electron chi connectivity index (χ2n) is 7.39. The first-order valence-corrected chi connectivity index (χ1v) is 9.84. The van der Waals surface area contributed by atoms with Crippen molar-refractivity contribution in [2.24, 2.45) is 0 Å². The van der Waals surface area contributed by atoms with E-state index in [-0.39, 0.29) is 12.5 Å². The molecule has 27 heavy (non-hydrogen) atoms. The molecule has 0 aliphatic carbocycles. The molecule has 0 saturated carbocycles. The summed E-state index contributed by atoms with van der Waals surface area (Å²) in [5, 5.41) is 4.30. The number of nitrogens with zero attached hydrogens (tertiary/aromatic N) is 5. The number of ether oxygens (including phenoxy) is 1. The van der Waals surface area contributed by atoms with Crippen molar-refractivity contribution >= 4 is 5.91 Å². The van der Waals surface area contributed by atoms with E-state index in [1.165, 1.54) is 0 Å². The van der Waals surface area contributed by atoms with Gasteiger partial charge in [-0.3, -0.25) is 9.69 Å². The highest BCUT2D eigenvalue weighted by Crippen LogP contribution is 2.25. The number of carbonyl (C=O) groups excluding carboxylic acids is 1. The molecule has 2 aromatic rings. The van der Waals surface area contributed by atoms with Gasteiger partial charge in [0.05, 0.1) is 6.04 Å². The molecule has 1 aromatic heterocycles. The summed E-state index contributed by atoms with van der Waals surface area (Å²) < 4.78 is 7.87. The minimum absolute atomic E-state index is 0.0894. The summed E-state index contributed by atoms with van der Waals surface area (Å²) in [6, 6.07) is 8.42. The molecule has 7 nitrogen and oxygen atoms in total. The van der Waals surface area contributed by atoms with Crippen molar-refractivity contribution in [1.82, 2.24) is 24.6 Å². The third-order valence-electron chi connectivity index (χ3n) is 5.47. The van der Waals surface area contributed by atoms with Crippen LogP contribution < -0.4 is 4.74 Å². The molecule has 0 spiro atoms. The van der Waals surface area contributed by atoms with E-state index in [1.807, 2.05) is 27.8 Å². The Hall–Kier alpha value is -2.41. The fourth-order valence-corrected chi connectivity index (χ4v) is 4.01. The molecular weight excluding hydrogens is 342 g/mol. The second kappa shape index (κ2) is 8.52. The fraction of sp³-hybridized carbons (Fsp3) is 0.550. The van der Waals surface area contributed by atoms with E-state index in [4.69, 9.17) is 4.74 Å². The number of para-hydroxylation sites is 1. The summed E-state index contributed by atoms with van der Waals surface area (Å²) in [6.07, 6.45) is 7.87. The van der Waals surface area contributed by atoms with Crippen molar-refractivity contribution in [3.8, 4) is 5.75 Å². The van der Waals surface area contributed by atoms with Crippen LogP contribution in [0.3, 0.4) is 0 Å². The molecule has 2 fully saturated rings. The van der Waals surface area contributed by atoms with Crippen LogP contribution in [0.25, 0.3) is 0 Å². The maximum Gasteiger partial charge on any atom is 0.260 e. The van der Waals surface area contributed by atoms with E-state index in [0.717, 1.165) is 69.7 Å². The Morgan fingerprint density at radius 2 is 2.00 bits per heavy atom. The average Bonchev–Trinajstić information content (AvgIpc) is 3.41. The Kier molecular flexibility index (Phi) is 5.67. The number of piperidine rings is 1. The molecule has 1 amide bonds. The highest BCUT2D eigenvalue weighted by atomic mass is 16.5. The minimum atomic E-state index is 0.0894. The predicted molar refractivity (Wildman–Crippen MR) is 101 cm³/mol. The summed E-state index contributed by atoms with van der Waals surface area (Å²) in [5.41, 5.74) is 1.13. The molecule has 1 aromatic carbocycles. The molecule has 2 saturated heterocycles. The van der Waals surface area contributed by atoms with E-state index in [1.54, 1.807) is 12.7 Å². The van der Waals surface area contributed by atoms with E-state index in [2.05, 4.69) is 21.0 Å². The topological polar surface area (TPSA) is 63.5 Å². The molecule has 3 heterocycles. The van der Waals surface area contributed by atoms with Crippen LogP contribution in [-0.4, -0.2) is 63.3 Å². The number of rotatable bonds is 6. The summed E-state index contributed by atoms with van der Waals surface area (Å²) in [6.45, 7) is 4.68. The normalized spacial score (nSPS) is 20.7. The van der Waals surface area contributed by atoms with Crippen molar-refractivity contribution in [3.63, 3.8) is 0 Å². The van der Waals surface area contributed by atoms with Gasteiger partial charge in [0, 0.05) is 31.7 Å². The van der Waals surface area contributed by atoms with Crippen LogP contribution in [0, 0.1) is 0 Å². The molecule has 7 heteroatoms. The zero-order valence-corrected chi connectivity index (χ0v) is 15.7. The molecule has 0 N–H and O–H groups in total. The van der Waals surface area contributed by atoms with Crippen molar-refractivity contribution in [2.45, 2.75) is 38.3 Å². The van der Waals surface area contributed by atoms with Crippen molar-refractivity contribution in [1.29, 1.82) is 0 Å². The van der Waals surface area contributed by atoms with Crippen LogP contribution in [0.1, 0.15) is 37.3 Å². The van der Waals surface area contributed by atoms with Gasteiger partial charge in [0.15, 0.2) is 6.61 Å². The lowest BCUT2D eigenvalue weighted by molar-refractivity contribution is -0.132. The molecule has 1 unspecified atom stereocenters. The van der Waals surface area contributed by atoms with Gasteiger partial charge >= 0.3 is 0 Å². The van der Waals surface area contributed by atoms with E-state index < -0.39 is 0 Å². The standard InChI is InChI=1S/C20H27N5O2/c26-20(24-10-3-4-11-24)14-27-19-8-2-1-6-17(19)12-23-9-5-7-18(13-23)25-16-21-15-22-25/h1-2,6,8,15-16,18H,3-5,7,9-14H2. The SMILES string of the molecule is O=C(COc1ccccc1CN1CCCC(n2cncn2)C1)N1CCCC1. The largest absolute Gasteiger partial charge is 0.483 e. The first-order chi connectivity index (χ1) is 13.3. The first-order valence-electron chi connectivity index (χ1n) is 9.84. The van der Waals surface area contributed by atoms with Gasteiger partial charge in [-0.2, -0.15) is 5.10 Å². The quantitative estimate of drug-likeness (QED) is 0.780. The fourth-order valence-electron chi connectivity index (χ4n) is 4.01. The zero-order valence-electron chi connectivity index (χ0n) is 15.7. The summed E-state index contributed by atoms with van der Waals surface area (Å²) >= 11 is 0. The van der Waals surface area contributed by atoms with Gasteiger partial charge in [-0.15, -0.1) is 0 Å². The van der Waals surface area contributed by atoms with Crippen LogP contribution in [0.4, 0.5) is 0 Å². The van der Waals surface area contributed by atoms with Crippen LogP contribution in [0.2, 0.25) is 0 Å². The van der Waals surface area contributed by atoms with Crippen LogP contribution in [0.15, 0.2) is 36.9 Å². The highest BCUT2D eigenvalue weighted by Gasteiger charge is 2.23. The van der Waals surface area contributed by atoms with Gasteiger partial charge in [0.25, 0.3) is 5.91 Å². The van der Waals surface area contributed by atoms with Crippen molar-refractivity contribution in [3.05, 3.63) is 42.5 Å². The monoisotopic (exact) mass is 369 g/mol. The van der Waals surface area contributed by atoms with E-state index in [0.29, 0.717) is 6.04 Å². The smallest absolute Gasteiger partial charge is 0.260 e. The molecule has 2 aliphatic heterocycles. The van der Waals surface area contributed by atoms with Crippen molar-refractivity contribution in [2.75, 3.05) is 32.8 Å². The van der Waals surface area contributed by atoms with Gasteiger partial charge in [0.2, 0.25) is 0 Å². The Morgan fingerprint density at radius 1 is 1.15 bits per heavy atom. The molecule has 4 rings (SSSR count). The maximum atomic E-state index is 12.3. The van der Waals surface area contributed by atoms with Crippen LogP contribution in [0.5, 0.6) is 5.75 Å². The maximum absolute atomic E-state index is 12.3. The zero-order chi connectivity index (χ0) is 18.5. The molecule has 2 aliphatic rings. The van der Waals surface area contributed by atoms with Crippen LogP contribution in [-0.2, 0) is 11.3 Å². The van der Waals surface area contributed by atoms with Gasteiger partial charge in [-0.05, 0) is 38.3 Å². The summed E-state index contributed by atoms with van der Waals surface area (Å²) in [5.74, 6) is 0.902. The number of likely N-dealkylation sites (tertiary alicyclic amines) is 2. The number of aromatic nitrogens is 3. The number of benzene rings is 1. The average molecular weight is 369 g/mol. The lowest BCUT2D eigenvalue weighted by atomic mass is 10.0. The van der Waals surface area contributed by atoms with Crippen LogP contribution >= 0.6 is 0 Å².